The lowest BCUT2D eigenvalue weighted by Crippen LogP contribution is -2.46. The Kier molecular flexibility index (Phi) is 4.31. The fourth-order valence-corrected chi connectivity index (χ4v) is 4.44. The highest BCUT2D eigenvalue weighted by Crippen LogP contribution is 2.34. The number of rotatable bonds is 4. The van der Waals surface area contributed by atoms with Crippen LogP contribution < -0.4 is 19.1 Å². The van der Waals surface area contributed by atoms with Crippen molar-refractivity contribution in [3.63, 3.8) is 0 Å². The van der Waals surface area contributed by atoms with E-state index >= 15 is 0 Å². The molecule has 8 heteroatoms. The van der Waals surface area contributed by atoms with Gasteiger partial charge in [0.2, 0.25) is 6.79 Å². The molecular formula is C23H23N5O3. The molecule has 0 bridgehead atoms. The standard InChI is InChI=1S/C23H23N5O3/c1-29-16-3-4-18-17(11-16)21-22(26-18)23(25-13-24-21)28-8-6-27(7-9-28)12-15-2-5-19-20(10-15)31-14-30-19/h2-5,10-11,13,26H,6-9,12,14H2,1H3. The lowest BCUT2D eigenvalue weighted by molar-refractivity contribution is 0.174. The predicted molar refractivity (Wildman–Crippen MR) is 118 cm³/mol. The average Bonchev–Trinajstić information content (AvgIpc) is 3.43. The number of ether oxygens (including phenoxy) is 3. The van der Waals surface area contributed by atoms with Crippen molar-refractivity contribution in [2.45, 2.75) is 6.54 Å². The largest absolute Gasteiger partial charge is 0.497 e. The van der Waals surface area contributed by atoms with E-state index in [1.54, 1.807) is 13.4 Å². The third-order valence-electron chi connectivity index (χ3n) is 6.08. The van der Waals surface area contributed by atoms with Crippen LogP contribution in [0.4, 0.5) is 5.82 Å². The monoisotopic (exact) mass is 417 g/mol. The molecule has 1 fully saturated rings. The summed E-state index contributed by atoms with van der Waals surface area (Å²) in [4.78, 5) is 17.5. The summed E-state index contributed by atoms with van der Waals surface area (Å²) in [6.45, 7) is 4.97. The van der Waals surface area contributed by atoms with E-state index in [1.165, 1.54) is 5.56 Å². The highest BCUT2D eigenvalue weighted by molar-refractivity contribution is 6.08. The van der Waals surface area contributed by atoms with Crippen molar-refractivity contribution in [1.82, 2.24) is 19.9 Å². The van der Waals surface area contributed by atoms with Crippen LogP contribution in [0.5, 0.6) is 17.2 Å². The van der Waals surface area contributed by atoms with Gasteiger partial charge in [0.15, 0.2) is 17.3 Å². The molecule has 6 rings (SSSR count). The number of anilines is 1. The first-order valence-corrected chi connectivity index (χ1v) is 10.4. The molecule has 0 aliphatic carbocycles. The van der Waals surface area contributed by atoms with Crippen molar-refractivity contribution in [1.29, 1.82) is 0 Å². The molecule has 2 aliphatic heterocycles. The van der Waals surface area contributed by atoms with Crippen molar-refractivity contribution in [2.75, 3.05) is 45.0 Å². The van der Waals surface area contributed by atoms with Gasteiger partial charge >= 0.3 is 0 Å². The molecule has 8 nitrogen and oxygen atoms in total. The second-order valence-corrected chi connectivity index (χ2v) is 7.91. The quantitative estimate of drug-likeness (QED) is 0.547. The molecule has 0 atom stereocenters. The van der Waals surface area contributed by atoms with E-state index in [1.807, 2.05) is 24.3 Å². The lowest BCUT2D eigenvalue weighted by Gasteiger charge is -2.35. The first-order chi connectivity index (χ1) is 15.3. The zero-order valence-electron chi connectivity index (χ0n) is 17.3. The molecule has 2 aromatic heterocycles. The van der Waals surface area contributed by atoms with E-state index in [2.05, 4.69) is 36.9 Å². The molecule has 4 aromatic rings. The molecule has 4 heterocycles. The van der Waals surface area contributed by atoms with Gasteiger partial charge < -0.3 is 24.1 Å². The van der Waals surface area contributed by atoms with Gasteiger partial charge in [-0.3, -0.25) is 4.90 Å². The van der Waals surface area contributed by atoms with Crippen molar-refractivity contribution >= 4 is 27.8 Å². The zero-order chi connectivity index (χ0) is 20.8. The number of hydrogen-bond donors (Lipinski definition) is 1. The number of H-pyrrole nitrogens is 1. The number of nitrogens with zero attached hydrogens (tertiary/aromatic N) is 4. The molecule has 0 amide bonds. The Labute approximate surface area is 179 Å². The van der Waals surface area contributed by atoms with Crippen molar-refractivity contribution < 1.29 is 14.2 Å². The molecule has 158 valence electrons. The Bertz CT molecular complexity index is 1260. The SMILES string of the molecule is COc1ccc2[nH]c3c(N4CCN(Cc5ccc6c(c5)OCO6)CC4)ncnc3c2c1. The topological polar surface area (TPSA) is 75.7 Å². The van der Waals surface area contributed by atoms with Gasteiger partial charge in [0.05, 0.1) is 7.11 Å². The highest BCUT2D eigenvalue weighted by Gasteiger charge is 2.22. The van der Waals surface area contributed by atoms with Crippen LogP contribution in [0.2, 0.25) is 0 Å². The van der Waals surface area contributed by atoms with E-state index in [-0.39, 0.29) is 0 Å². The number of benzene rings is 2. The van der Waals surface area contributed by atoms with Crippen molar-refractivity contribution in [3.8, 4) is 17.2 Å². The number of fused-ring (bicyclic) bond motifs is 4. The predicted octanol–water partition coefficient (Wildman–Crippen LogP) is 3.17. The minimum atomic E-state index is 0.311. The number of aromatic nitrogens is 3. The zero-order valence-corrected chi connectivity index (χ0v) is 17.3. The second-order valence-electron chi connectivity index (χ2n) is 7.91. The van der Waals surface area contributed by atoms with E-state index in [9.17, 15) is 0 Å². The number of hydrogen-bond acceptors (Lipinski definition) is 7. The fraction of sp³-hybridized carbons (Fsp3) is 0.304. The summed E-state index contributed by atoms with van der Waals surface area (Å²) in [7, 11) is 1.68. The van der Waals surface area contributed by atoms with Gasteiger partial charge in [-0.2, -0.15) is 0 Å². The van der Waals surface area contributed by atoms with Crippen LogP contribution in [0.3, 0.4) is 0 Å². The molecular weight excluding hydrogens is 394 g/mol. The Morgan fingerprint density at radius 2 is 1.87 bits per heavy atom. The Hall–Kier alpha value is -3.52. The van der Waals surface area contributed by atoms with Crippen LogP contribution in [-0.2, 0) is 6.54 Å². The van der Waals surface area contributed by atoms with Crippen molar-refractivity contribution in [2.24, 2.45) is 0 Å². The molecule has 0 saturated carbocycles. The normalized spacial score (nSPS) is 16.4. The van der Waals surface area contributed by atoms with Gasteiger partial charge in [-0.05, 0) is 35.9 Å². The Morgan fingerprint density at radius 3 is 2.74 bits per heavy atom. The summed E-state index contributed by atoms with van der Waals surface area (Å²) in [5.41, 5.74) is 4.20. The summed E-state index contributed by atoms with van der Waals surface area (Å²) in [6, 6.07) is 12.2. The summed E-state index contributed by atoms with van der Waals surface area (Å²) < 4.78 is 16.3. The molecule has 1 saturated heterocycles. The molecule has 0 unspecified atom stereocenters. The molecule has 2 aliphatic rings. The summed E-state index contributed by atoms with van der Waals surface area (Å²) in [5.74, 6) is 3.46. The second kappa shape index (κ2) is 7.31. The molecule has 0 spiro atoms. The van der Waals surface area contributed by atoms with Crippen LogP contribution in [0, 0.1) is 0 Å². The van der Waals surface area contributed by atoms with Crippen LogP contribution in [0.15, 0.2) is 42.7 Å². The number of piperazine rings is 1. The van der Waals surface area contributed by atoms with Gasteiger partial charge in [-0.25, -0.2) is 9.97 Å². The number of aromatic amines is 1. The van der Waals surface area contributed by atoms with Gasteiger partial charge in [0, 0.05) is 43.6 Å². The first kappa shape index (κ1) is 18.3. The first-order valence-electron chi connectivity index (χ1n) is 10.4. The summed E-state index contributed by atoms with van der Waals surface area (Å²) in [6.07, 6.45) is 1.66. The fourth-order valence-electron chi connectivity index (χ4n) is 4.44. The third-order valence-corrected chi connectivity index (χ3v) is 6.08. The van der Waals surface area contributed by atoms with Gasteiger partial charge in [-0.1, -0.05) is 6.07 Å². The number of nitrogens with one attached hydrogen (secondary N) is 1. The maximum Gasteiger partial charge on any atom is 0.231 e. The maximum absolute atomic E-state index is 5.51. The van der Waals surface area contributed by atoms with E-state index < -0.39 is 0 Å². The van der Waals surface area contributed by atoms with Crippen LogP contribution in [-0.4, -0.2) is 59.9 Å². The minimum Gasteiger partial charge on any atom is -0.497 e. The van der Waals surface area contributed by atoms with E-state index in [0.29, 0.717) is 6.79 Å². The Balaban J connectivity index is 1.21. The Morgan fingerprint density at radius 1 is 1.00 bits per heavy atom. The number of methoxy groups -OCH3 is 1. The van der Waals surface area contributed by atoms with Crippen LogP contribution in [0.25, 0.3) is 21.9 Å². The molecule has 0 radical (unpaired) electrons. The summed E-state index contributed by atoms with van der Waals surface area (Å²) in [5, 5.41) is 1.06. The maximum atomic E-state index is 5.51. The molecule has 2 aromatic carbocycles. The van der Waals surface area contributed by atoms with Crippen LogP contribution in [0.1, 0.15) is 5.56 Å². The van der Waals surface area contributed by atoms with E-state index in [4.69, 9.17) is 14.2 Å². The van der Waals surface area contributed by atoms with Crippen molar-refractivity contribution in [3.05, 3.63) is 48.3 Å². The molecule has 1 N–H and O–H groups in total. The van der Waals surface area contributed by atoms with Gasteiger partial charge in [0.1, 0.15) is 23.1 Å². The molecule has 31 heavy (non-hydrogen) atoms. The average molecular weight is 417 g/mol. The lowest BCUT2D eigenvalue weighted by atomic mass is 10.1. The third kappa shape index (κ3) is 3.19. The van der Waals surface area contributed by atoms with Crippen LogP contribution >= 0.6 is 0 Å². The van der Waals surface area contributed by atoms with Gasteiger partial charge in [0.25, 0.3) is 0 Å². The smallest absolute Gasteiger partial charge is 0.231 e. The summed E-state index contributed by atoms with van der Waals surface area (Å²) >= 11 is 0. The minimum absolute atomic E-state index is 0.311. The van der Waals surface area contributed by atoms with E-state index in [0.717, 1.165) is 77.7 Å². The highest BCUT2D eigenvalue weighted by atomic mass is 16.7. The van der Waals surface area contributed by atoms with Gasteiger partial charge in [-0.15, -0.1) is 0 Å².